The average molecular weight is 270 g/mol. The maximum Gasteiger partial charge on any atom is 0.0950 e. The Balaban J connectivity index is 2.25. The van der Waals surface area contributed by atoms with Crippen molar-refractivity contribution in [3.63, 3.8) is 0 Å². The van der Waals surface area contributed by atoms with E-state index < -0.39 is 0 Å². The lowest BCUT2D eigenvalue weighted by molar-refractivity contribution is 0.542. The Labute approximate surface area is 111 Å². The molecule has 2 nitrogen and oxygen atoms in total. The smallest absolute Gasteiger partial charge is 0.0950 e. The molecule has 17 heavy (non-hydrogen) atoms. The van der Waals surface area contributed by atoms with Gasteiger partial charge in [-0.2, -0.15) is 0 Å². The number of benzene rings is 1. The maximum atomic E-state index is 6.16. The van der Waals surface area contributed by atoms with E-state index in [4.69, 9.17) is 27.6 Å². The fourth-order valence-electron chi connectivity index (χ4n) is 1.79. The lowest BCUT2D eigenvalue weighted by Gasteiger charge is -2.16. The van der Waals surface area contributed by atoms with E-state index in [2.05, 4.69) is 5.32 Å². The largest absolute Gasteiger partial charge is 0.472 e. The fraction of sp³-hybridized carbons (Fsp3) is 0.231. The summed E-state index contributed by atoms with van der Waals surface area (Å²) >= 11 is 12.3. The molecular weight excluding hydrogens is 257 g/mol. The van der Waals surface area contributed by atoms with E-state index in [0.29, 0.717) is 10.0 Å². The molecule has 2 aromatic rings. The monoisotopic (exact) mass is 269 g/mol. The molecule has 4 heteroatoms. The van der Waals surface area contributed by atoms with Crippen molar-refractivity contribution in [2.75, 3.05) is 7.05 Å². The van der Waals surface area contributed by atoms with Gasteiger partial charge in [-0.25, -0.2) is 0 Å². The first-order chi connectivity index (χ1) is 8.22. The van der Waals surface area contributed by atoms with Crippen LogP contribution in [0.2, 0.25) is 10.0 Å². The SMILES string of the molecule is CNC(Cc1c(Cl)cccc1Cl)c1ccoc1. The first kappa shape index (κ1) is 12.5. The van der Waals surface area contributed by atoms with Gasteiger partial charge in [-0.05, 0) is 37.2 Å². The number of rotatable bonds is 4. The fourth-order valence-corrected chi connectivity index (χ4v) is 2.34. The predicted molar refractivity (Wildman–Crippen MR) is 70.7 cm³/mol. The third-order valence-corrected chi connectivity index (χ3v) is 3.47. The van der Waals surface area contributed by atoms with Crippen molar-refractivity contribution in [1.29, 1.82) is 0 Å². The van der Waals surface area contributed by atoms with Crippen molar-refractivity contribution >= 4 is 23.2 Å². The Morgan fingerprint density at radius 1 is 1.24 bits per heavy atom. The lowest BCUT2D eigenvalue weighted by Crippen LogP contribution is -2.18. The lowest BCUT2D eigenvalue weighted by atomic mass is 10.0. The molecule has 1 aromatic heterocycles. The molecule has 0 aliphatic carbocycles. The van der Waals surface area contributed by atoms with Gasteiger partial charge in [0.2, 0.25) is 0 Å². The molecule has 0 fully saturated rings. The van der Waals surface area contributed by atoms with Gasteiger partial charge in [0.1, 0.15) is 0 Å². The Bertz CT molecular complexity index is 462. The second-order valence-electron chi connectivity index (χ2n) is 3.80. The van der Waals surface area contributed by atoms with Crippen molar-refractivity contribution in [3.8, 4) is 0 Å². The molecule has 0 aliphatic heterocycles. The van der Waals surface area contributed by atoms with E-state index in [-0.39, 0.29) is 6.04 Å². The summed E-state index contributed by atoms with van der Waals surface area (Å²) in [7, 11) is 1.91. The zero-order valence-corrected chi connectivity index (χ0v) is 10.9. The third kappa shape index (κ3) is 2.83. The number of hydrogen-bond donors (Lipinski definition) is 1. The zero-order chi connectivity index (χ0) is 12.3. The van der Waals surface area contributed by atoms with Gasteiger partial charge >= 0.3 is 0 Å². The first-order valence-corrected chi connectivity index (χ1v) is 6.10. The number of hydrogen-bond acceptors (Lipinski definition) is 2. The Hall–Kier alpha value is -0.960. The van der Waals surface area contributed by atoms with Crippen molar-refractivity contribution in [1.82, 2.24) is 5.32 Å². The summed E-state index contributed by atoms with van der Waals surface area (Å²) in [5.74, 6) is 0. The topological polar surface area (TPSA) is 25.2 Å². The van der Waals surface area contributed by atoms with Crippen molar-refractivity contribution in [2.45, 2.75) is 12.5 Å². The summed E-state index contributed by atoms with van der Waals surface area (Å²) in [5, 5.41) is 4.62. The second kappa shape index (κ2) is 5.58. The molecule has 1 N–H and O–H groups in total. The van der Waals surface area contributed by atoms with E-state index in [1.165, 1.54) is 0 Å². The minimum Gasteiger partial charge on any atom is -0.472 e. The van der Waals surface area contributed by atoms with E-state index in [1.807, 2.05) is 31.3 Å². The van der Waals surface area contributed by atoms with E-state index >= 15 is 0 Å². The molecule has 0 radical (unpaired) electrons. The van der Waals surface area contributed by atoms with Crippen LogP contribution < -0.4 is 5.32 Å². The number of nitrogens with one attached hydrogen (secondary N) is 1. The van der Waals surface area contributed by atoms with Crippen LogP contribution in [0.5, 0.6) is 0 Å². The molecule has 1 heterocycles. The van der Waals surface area contributed by atoms with E-state index in [9.17, 15) is 0 Å². The minimum absolute atomic E-state index is 0.145. The second-order valence-corrected chi connectivity index (χ2v) is 4.62. The summed E-state index contributed by atoms with van der Waals surface area (Å²) in [6.07, 6.45) is 4.12. The van der Waals surface area contributed by atoms with Gasteiger partial charge in [0.25, 0.3) is 0 Å². The van der Waals surface area contributed by atoms with Gasteiger partial charge in [0, 0.05) is 21.7 Å². The Morgan fingerprint density at radius 3 is 2.47 bits per heavy atom. The van der Waals surface area contributed by atoms with Crippen LogP contribution in [0.4, 0.5) is 0 Å². The van der Waals surface area contributed by atoms with Crippen LogP contribution in [0.25, 0.3) is 0 Å². The van der Waals surface area contributed by atoms with Crippen molar-refractivity contribution in [3.05, 3.63) is 58.0 Å². The zero-order valence-electron chi connectivity index (χ0n) is 9.41. The van der Waals surface area contributed by atoms with E-state index in [1.54, 1.807) is 12.5 Å². The van der Waals surface area contributed by atoms with E-state index in [0.717, 1.165) is 17.5 Å². The minimum atomic E-state index is 0.145. The Morgan fingerprint density at radius 2 is 1.94 bits per heavy atom. The molecule has 90 valence electrons. The van der Waals surface area contributed by atoms with Crippen LogP contribution in [0.1, 0.15) is 17.2 Å². The van der Waals surface area contributed by atoms with Crippen LogP contribution in [-0.4, -0.2) is 7.05 Å². The van der Waals surface area contributed by atoms with Crippen LogP contribution in [0, 0.1) is 0 Å². The molecule has 0 bridgehead atoms. The summed E-state index contributed by atoms with van der Waals surface area (Å²) in [5.41, 5.74) is 2.04. The molecule has 0 aliphatic rings. The van der Waals surface area contributed by atoms with Gasteiger partial charge in [-0.3, -0.25) is 0 Å². The number of halogens is 2. The molecule has 0 amide bonds. The molecule has 0 saturated heterocycles. The van der Waals surface area contributed by atoms with Crippen LogP contribution in [-0.2, 0) is 6.42 Å². The van der Waals surface area contributed by atoms with Crippen LogP contribution in [0.3, 0.4) is 0 Å². The molecule has 0 spiro atoms. The van der Waals surface area contributed by atoms with Gasteiger partial charge in [0.15, 0.2) is 0 Å². The molecular formula is C13H13Cl2NO. The molecule has 2 rings (SSSR count). The molecule has 0 saturated carbocycles. The van der Waals surface area contributed by atoms with Crippen molar-refractivity contribution < 1.29 is 4.42 Å². The highest BCUT2D eigenvalue weighted by atomic mass is 35.5. The highest BCUT2D eigenvalue weighted by molar-refractivity contribution is 6.36. The van der Waals surface area contributed by atoms with Gasteiger partial charge in [0.05, 0.1) is 12.5 Å². The Kier molecular flexibility index (Phi) is 4.11. The summed E-state index contributed by atoms with van der Waals surface area (Å²) in [6, 6.07) is 7.63. The standard InChI is InChI=1S/C13H13Cl2NO/c1-16-13(9-5-6-17-8-9)7-10-11(14)3-2-4-12(10)15/h2-6,8,13,16H,7H2,1H3. The predicted octanol–water partition coefficient (Wildman–Crippen LogP) is 4.09. The highest BCUT2D eigenvalue weighted by Gasteiger charge is 2.15. The van der Waals surface area contributed by atoms with Gasteiger partial charge in [-0.15, -0.1) is 0 Å². The first-order valence-electron chi connectivity index (χ1n) is 5.34. The normalized spacial score (nSPS) is 12.6. The summed E-state index contributed by atoms with van der Waals surface area (Å²) < 4.78 is 5.09. The maximum absolute atomic E-state index is 6.16. The van der Waals surface area contributed by atoms with Crippen molar-refractivity contribution in [2.24, 2.45) is 0 Å². The number of likely N-dealkylation sites (N-methyl/N-ethyl adjacent to an activating group) is 1. The highest BCUT2D eigenvalue weighted by Crippen LogP contribution is 2.29. The number of furan rings is 1. The third-order valence-electron chi connectivity index (χ3n) is 2.76. The van der Waals surface area contributed by atoms with Gasteiger partial charge < -0.3 is 9.73 Å². The quantitative estimate of drug-likeness (QED) is 0.905. The summed E-state index contributed by atoms with van der Waals surface area (Å²) in [6.45, 7) is 0. The average Bonchev–Trinajstić information content (AvgIpc) is 2.82. The van der Waals surface area contributed by atoms with Gasteiger partial charge in [-0.1, -0.05) is 29.3 Å². The molecule has 1 aromatic carbocycles. The molecule has 1 unspecified atom stereocenters. The van der Waals surface area contributed by atoms with Crippen LogP contribution >= 0.6 is 23.2 Å². The summed E-state index contributed by atoms with van der Waals surface area (Å²) in [4.78, 5) is 0. The van der Waals surface area contributed by atoms with Crippen LogP contribution in [0.15, 0.2) is 41.2 Å². The molecule has 1 atom stereocenters.